The van der Waals surface area contributed by atoms with Gasteiger partial charge in [-0.1, -0.05) is 30.7 Å². The highest BCUT2D eigenvalue weighted by Crippen LogP contribution is 2.37. The SMILES string of the molecule is CC(C)N(C)CC(C(=O)N1CCN(c2ncnc3c2[C@H](C)CC3)CC1)c1ccc(Cl)cc1.Cl.Cl. The van der Waals surface area contributed by atoms with Crippen molar-refractivity contribution in [1.82, 2.24) is 19.8 Å². The molecule has 0 radical (unpaired) electrons. The predicted molar refractivity (Wildman–Crippen MR) is 144 cm³/mol. The van der Waals surface area contributed by atoms with Gasteiger partial charge in [-0.25, -0.2) is 9.97 Å². The molecule has 34 heavy (non-hydrogen) atoms. The lowest BCUT2D eigenvalue weighted by Gasteiger charge is -2.38. The number of carbonyl (C=O) groups excluding carboxylic acids is 1. The number of hydrogen-bond donors (Lipinski definition) is 0. The van der Waals surface area contributed by atoms with E-state index in [2.05, 4.69) is 47.6 Å². The topological polar surface area (TPSA) is 52.6 Å². The molecule has 2 aliphatic rings. The van der Waals surface area contributed by atoms with Crippen molar-refractivity contribution in [3.8, 4) is 0 Å². The van der Waals surface area contributed by atoms with Gasteiger partial charge < -0.3 is 14.7 Å². The van der Waals surface area contributed by atoms with Gasteiger partial charge in [-0.2, -0.15) is 0 Å². The lowest BCUT2D eigenvalue weighted by atomic mass is 9.96. The lowest BCUT2D eigenvalue weighted by Crippen LogP contribution is -2.51. The molecule has 1 aromatic heterocycles. The first-order valence-electron chi connectivity index (χ1n) is 11.7. The number of fused-ring (bicyclic) bond motifs is 1. The highest BCUT2D eigenvalue weighted by atomic mass is 35.5. The molecule has 0 N–H and O–H groups in total. The fourth-order valence-electron chi connectivity index (χ4n) is 4.75. The van der Waals surface area contributed by atoms with Gasteiger partial charge in [0.2, 0.25) is 5.91 Å². The van der Waals surface area contributed by atoms with Crippen molar-refractivity contribution in [2.75, 3.05) is 44.7 Å². The zero-order chi connectivity index (χ0) is 22.8. The number of rotatable bonds is 6. The first kappa shape index (κ1) is 28.6. The number of benzene rings is 1. The average molecular weight is 529 g/mol. The summed E-state index contributed by atoms with van der Waals surface area (Å²) in [6, 6.07) is 8.10. The number of nitrogens with zero attached hydrogens (tertiary/aromatic N) is 5. The Morgan fingerprint density at radius 1 is 1.12 bits per heavy atom. The molecule has 2 atom stereocenters. The van der Waals surface area contributed by atoms with Crippen LogP contribution in [0.1, 0.15) is 55.8 Å². The van der Waals surface area contributed by atoms with Crippen LogP contribution in [0, 0.1) is 0 Å². The van der Waals surface area contributed by atoms with Crippen LogP contribution in [0.4, 0.5) is 5.82 Å². The minimum atomic E-state index is -0.200. The highest BCUT2D eigenvalue weighted by Gasteiger charge is 2.32. The molecular weight excluding hydrogens is 493 g/mol. The van der Waals surface area contributed by atoms with Crippen molar-refractivity contribution < 1.29 is 4.79 Å². The van der Waals surface area contributed by atoms with Crippen LogP contribution in [-0.4, -0.2) is 71.5 Å². The predicted octanol–water partition coefficient (Wildman–Crippen LogP) is 4.80. The summed E-state index contributed by atoms with van der Waals surface area (Å²) in [5.74, 6) is 1.57. The zero-order valence-corrected chi connectivity index (χ0v) is 22.8. The molecule has 2 aromatic rings. The number of aryl methyl sites for hydroxylation is 1. The normalized spacial score (nSPS) is 18.4. The Morgan fingerprint density at radius 3 is 2.38 bits per heavy atom. The summed E-state index contributed by atoms with van der Waals surface area (Å²) < 4.78 is 0. The quantitative estimate of drug-likeness (QED) is 0.539. The van der Waals surface area contributed by atoms with Crippen molar-refractivity contribution in [3.63, 3.8) is 0 Å². The molecular formula is C25H36Cl3N5O. The minimum Gasteiger partial charge on any atom is -0.353 e. The number of piperazine rings is 1. The average Bonchev–Trinajstić information content (AvgIpc) is 3.18. The summed E-state index contributed by atoms with van der Waals surface area (Å²) in [7, 11) is 2.08. The summed E-state index contributed by atoms with van der Waals surface area (Å²) in [5, 5.41) is 0.692. The van der Waals surface area contributed by atoms with E-state index in [-0.39, 0.29) is 36.6 Å². The molecule has 9 heteroatoms. The van der Waals surface area contributed by atoms with E-state index in [1.165, 1.54) is 11.3 Å². The molecule has 1 amide bonds. The molecule has 2 heterocycles. The number of hydrogen-bond acceptors (Lipinski definition) is 5. The fourth-order valence-corrected chi connectivity index (χ4v) is 4.88. The van der Waals surface area contributed by atoms with Gasteiger partial charge in [0, 0.05) is 55.0 Å². The summed E-state index contributed by atoms with van der Waals surface area (Å²) in [6.45, 7) is 10.3. The van der Waals surface area contributed by atoms with Crippen LogP contribution in [0.5, 0.6) is 0 Å². The van der Waals surface area contributed by atoms with Crippen molar-refractivity contribution >= 4 is 48.1 Å². The third-order valence-electron chi connectivity index (χ3n) is 7.07. The number of aromatic nitrogens is 2. The Labute approximate surface area is 220 Å². The number of anilines is 1. The van der Waals surface area contributed by atoms with Gasteiger partial charge in [-0.3, -0.25) is 4.79 Å². The van der Waals surface area contributed by atoms with E-state index in [1.54, 1.807) is 6.33 Å². The Morgan fingerprint density at radius 2 is 1.76 bits per heavy atom. The van der Waals surface area contributed by atoms with Gasteiger partial charge in [-0.15, -0.1) is 24.8 Å². The monoisotopic (exact) mass is 527 g/mol. The van der Waals surface area contributed by atoms with Crippen LogP contribution in [0.15, 0.2) is 30.6 Å². The van der Waals surface area contributed by atoms with E-state index >= 15 is 0 Å². The number of amides is 1. The van der Waals surface area contributed by atoms with Gasteiger partial charge >= 0.3 is 0 Å². The molecule has 0 spiro atoms. The molecule has 188 valence electrons. The maximum atomic E-state index is 13.6. The van der Waals surface area contributed by atoms with Crippen molar-refractivity contribution in [3.05, 3.63) is 52.4 Å². The second-order valence-corrected chi connectivity index (χ2v) is 9.88. The van der Waals surface area contributed by atoms with Crippen molar-refractivity contribution in [2.45, 2.75) is 51.5 Å². The minimum absolute atomic E-state index is 0. The third-order valence-corrected chi connectivity index (χ3v) is 7.32. The van der Waals surface area contributed by atoms with Crippen LogP contribution in [0.3, 0.4) is 0 Å². The second-order valence-electron chi connectivity index (χ2n) is 9.45. The Hall–Kier alpha value is -1.60. The van der Waals surface area contributed by atoms with Gasteiger partial charge in [0.15, 0.2) is 0 Å². The smallest absolute Gasteiger partial charge is 0.231 e. The highest BCUT2D eigenvalue weighted by molar-refractivity contribution is 6.30. The van der Waals surface area contributed by atoms with E-state index in [4.69, 9.17) is 11.6 Å². The van der Waals surface area contributed by atoms with Crippen LogP contribution in [0.2, 0.25) is 5.02 Å². The van der Waals surface area contributed by atoms with E-state index in [9.17, 15) is 4.79 Å². The molecule has 1 saturated heterocycles. The Bertz CT molecular complexity index is 948. The molecule has 1 aliphatic heterocycles. The first-order chi connectivity index (χ1) is 15.3. The number of halogens is 3. The van der Waals surface area contributed by atoms with Gasteiger partial charge in [0.25, 0.3) is 0 Å². The second kappa shape index (κ2) is 12.4. The first-order valence-corrected chi connectivity index (χ1v) is 12.1. The zero-order valence-electron chi connectivity index (χ0n) is 20.4. The molecule has 1 unspecified atom stereocenters. The number of likely N-dealkylation sites (N-methyl/N-ethyl adjacent to an activating group) is 1. The van der Waals surface area contributed by atoms with Crippen LogP contribution < -0.4 is 4.90 Å². The van der Waals surface area contributed by atoms with Gasteiger partial charge in [0.05, 0.1) is 5.92 Å². The largest absolute Gasteiger partial charge is 0.353 e. The van der Waals surface area contributed by atoms with Gasteiger partial charge in [0.1, 0.15) is 12.1 Å². The van der Waals surface area contributed by atoms with E-state index in [1.807, 2.05) is 29.2 Å². The molecule has 0 saturated carbocycles. The summed E-state index contributed by atoms with van der Waals surface area (Å²) in [6.07, 6.45) is 3.88. The lowest BCUT2D eigenvalue weighted by molar-refractivity contribution is -0.133. The molecule has 6 nitrogen and oxygen atoms in total. The maximum absolute atomic E-state index is 13.6. The van der Waals surface area contributed by atoms with E-state index in [0.717, 1.165) is 37.3 Å². The summed E-state index contributed by atoms with van der Waals surface area (Å²) in [4.78, 5) is 29.4. The summed E-state index contributed by atoms with van der Waals surface area (Å²) >= 11 is 6.10. The summed E-state index contributed by atoms with van der Waals surface area (Å²) in [5.41, 5.74) is 3.53. The molecule has 1 aromatic carbocycles. The Kier molecular flexibility index (Phi) is 10.4. The van der Waals surface area contributed by atoms with Crippen LogP contribution in [0.25, 0.3) is 0 Å². The molecule has 1 fully saturated rings. The van der Waals surface area contributed by atoms with Crippen molar-refractivity contribution in [2.24, 2.45) is 0 Å². The van der Waals surface area contributed by atoms with Crippen molar-refractivity contribution in [1.29, 1.82) is 0 Å². The Balaban J connectivity index is 0.00000204. The van der Waals surface area contributed by atoms with E-state index in [0.29, 0.717) is 36.6 Å². The van der Waals surface area contributed by atoms with Crippen LogP contribution >= 0.6 is 36.4 Å². The van der Waals surface area contributed by atoms with Gasteiger partial charge in [-0.05, 0) is 57.4 Å². The fraction of sp³-hybridized carbons (Fsp3) is 0.560. The standard InChI is InChI=1S/C25H34ClN5O.2ClH/c1-17(2)29(4)15-21(19-6-8-20(26)9-7-19)25(32)31-13-11-30(12-14-31)24-23-18(3)5-10-22(23)27-16-28-24;;/h6-9,16-18,21H,5,10-15H2,1-4H3;2*1H/t18-,21?;;/m1../s1. The molecule has 1 aliphatic carbocycles. The maximum Gasteiger partial charge on any atom is 0.231 e. The molecule has 4 rings (SSSR count). The molecule has 0 bridgehead atoms. The van der Waals surface area contributed by atoms with E-state index < -0.39 is 0 Å². The third kappa shape index (κ3) is 6.14. The van der Waals surface area contributed by atoms with Crippen LogP contribution in [-0.2, 0) is 11.2 Å². The number of carbonyl (C=O) groups is 1.